The number of rotatable bonds is 5. The smallest absolute Gasteiger partial charge is 0.255 e. The van der Waals surface area contributed by atoms with E-state index in [0.29, 0.717) is 36.7 Å². The van der Waals surface area contributed by atoms with Gasteiger partial charge < -0.3 is 14.4 Å². The van der Waals surface area contributed by atoms with E-state index in [1.807, 2.05) is 43.0 Å². The van der Waals surface area contributed by atoms with E-state index in [9.17, 15) is 9.90 Å². The lowest BCUT2D eigenvalue weighted by Crippen LogP contribution is -2.50. The molecule has 0 aliphatic carbocycles. The van der Waals surface area contributed by atoms with Crippen molar-refractivity contribution >= 4 is 5.91 Å². The zero-order valence-corrected chi connectivity index (χ0v) is 14.8. The van der Waals surface area contributed by atoms with E-state index >= 15 is 0 Å². The fourth-order valence-electron chi connectivity index (χ4n) is 3.08. The summed E-state index contributed by atoms with van der Waals surface area (Å²) < 4.78 is 5.36. The molecule has 134 valence electrons. The summed E-state index contributed by atoms with van der Waals surface area (Å²) in [4.78, 5) is 21.4. The van der Waals surface area contributed by atoms with Crippen LogP contribution in [0.2, 0.25) is 0 Å². The van der Waals surface area contributed by atoms with E-state index in [0.717, 1.165) is 25.2 Å². The van der Waals surface area contributed by atoms with Crippen molar-refractivity contribution in [3.8, 4) is 11.5 Å². The van der Waals surface area contributed by atoms with Crippen LogP contribution in [-0.4, -0.2) is 64.6 Å². The molecular weight excluding hydrogens is 318 g/mol. The third kappa shape index (κ3) is 4.08. The van der Waals surface area contributed by atoms with Crippen molar-refractivity contribution < 1.29 is 14.3 Å². The van der Waals surface area contributed by atoms with Gasteiger partial charge >= 0.3 is 0 Å². The van der Waals surface area contributed by atoms with Gasteiger partial charge in [-0.1, -0.05) is 6.92 Å². The zero-order chi connectivity index (χ0) is 17.8. The zero-order valence-electron chi connectivity index (χ0n) is 14.8. The number of β-amino-alcohol motifs (C(OH)–C–C–N with tert-alkyl or cyclic N) is 1. The Hall–Kier alpha value is -2.18. The Morgan fingerprint density at radius 3 is 2.64 bits per heavy atom. The van der Waals surface area contributed by atoms with Crippen LogP contribution in [0.25, 0.3) is 11.5 Å². The minimum absolute atomic E-state index is 0.0201. The maximum atomic E-state index is 12.8. The predicted molar refractivity (Wildman–Crippen MR) is 95.3 cm³/mol. The Labute approximate surface area is 148 Å². The summed E-state index contributed by atoms with van der Waals surface area (Å²) in [6.07, 6.45) is 2.08. The SMILES string of the molecule is CCC(O)CN1CCN(C(=O)c2ccc(-c3ccco3)nc2C)CC1. The van der Waals surface area contributed by atoms with Gasteiger partial charge in [0.25, 0.3) is 5.91 Å². The first-order valence-electron chi connectivity index (χ1n) is 8.79. The average Bonchev–Trinajstić information content (AvgIpc) is 3.16. The van der Waals surface area contributed by atoms with Gasteiger partial charge in [-0.3, -0.25) is 9.69 Å². The van der Waals surface area contributed by atoms with Crippen LogP contribution in [0, 0.1) is 6.92 Å². The van der Waals surface area contributed by atoms with E-state index < -0.39 is 0 Å². The number of furan rings is 1. The molecule has 1 fully saturated rings. The molecule has 3 rings (SSSR count). The van der Waals surface area contributed by atoms with E-state index in [1.165, 1.54) is 0 Å². The van der Waals surface area contributed by atoms with E-state index in [1.54, 1.807) is 6.26 Å². The number of aromatic nitrogens is 1. The van der Waals surface area contributed by atoms with Crippen LogP contribution >= 0.6 is 0 Å². The first kappa shape index (κ1) is 17.6. The summed E-state index contributed by atoms with van der Waals surface area (Å²) in [5, 5.41) is 9.77. The van der Waals surface area contributed by atoms with Crippen LogP contribution in [0.4, 0.5) is 0 Å². The van der Waals surface area contributed by atoms with E-state index in [-0.39, 0.29) is 12.0 Å². The lowest BCUT2D eigenvalue weighted by molar-refractivity contribution is 0.0523. The number of nitrogens with zero attached hydrogens (tertiary/aromatic N) is 3. The summed E-state index contributed by atoms with van der Waals surface area (Å²) >= 11 is 0. The number of amides is 1. The van der Waals surface area contributed by atoms with Crippen molar-refractivity contribution in [3.63, 3.8) is 0 Å². The van der Waals surface area contributed by atoms with Crippen LogP contribution in [0.3, 0.4) is 0 Å². The minimum atomic E-state index is -0.289. The number of pyridine rings is 1. The first-order valence-corrected chi connectivity index (χ1v) is 8.79. The third-order valence-electron chi connectivity index (χ3n) is 4.69. The van der Waals surface area contributed by atoms with Crippen LogP contribution in [-0.2, 0) is 0 Å². The molecule has 0 aromatic carbocycles. The van der Waals surface area contributed by atoms with Crippen molar-refractivity contribution in [1.82, 2.24) is 14.8 Å². The summed E-state index contributed by atoms with van der Waals surface area (Å²) in [5.41, 5.74) is 2.08. The van der Waals surface area contributed by atoms with Crippen molar-refractivity contribution in [2.24, 2.45) is 0 Å². The molecule has 6 heteroatoms. The standard InChI is InChI=1S/C19H25N3O3/c1-3-15(23)13-21-8-10-22(11-9-21)19(24)16-6-7-17(20-14(16)2)18-5-4-12-25-18/h4-7,12,15,23H,3,8-11,13H2,1-2H3. The molecule has 0 bridgehead atoms. The van der Waals surface area contributed by atoms with Crippen LogP contribution < -0.4 is 0 Å². The molecule has 1 amide bonds. The van der Waals surface area contributed by atoms with E-state index in [4.69, 9.17) is 4.42 Å². The van der Waals surface area contributed by atoms with Gasteiger partial charge in [0.15, 0.2) is 5.76 Å². The molecule has 1 atom stereocenters. The van der Waals surface area contributed by atoms with Crippen LogP contribution in [0.1, 0.15) is 29.4 Å². The number of piperazine rings is 1. The van der Waals surface area contributed by atoms with Crippen molar-refractivity contribution in [3.05, 3.63) is 41.8 Å². The summed E-state index contributed by atoms with van der Waals surface area (Å²) in [6, 6.07) is 7.33. The largest absolute Gasteiger partial charge is 0.463 e. The number of aliphatic hydroxyl groups is 1. The fourth-order valence-corrected chi connectivity index (χ4v) is 3.08. The molecule has 1 N–H and O–H groups in total. The second-order valence-electron chi connectivity index (χ2n) is 6.46. The Bertz CT molecular complexity index is 707. The normalized spacial score (nSPS) is 16.8. The van der Waals surface area contributed by atoms with Gasteiger partial charge in [0.2, 0.25) is 0 Å². The molecule has 1 aliphatic heterocycles. The highest BCUT2D eigenvalue weighted by Gasteiger charge is 2.24. The first-order chi connectivity index (χ1) is 12.1. The Balaban J connectivity index is 1.64. The highest BCUT2D eigenvalue weighted by Crippen LogP contribution is 2.20. The molecule has 6 nitrogen and oxygen atoms in total. The molecular formula is C19H25N3O3. The Kier molecular flexibility index (Phi) is 5.50. The Morgan fingerprint density at radius 2 is 2.04 bits per heavy atom. The molecule has 0 radical (unpaired) electrons. The van der Waals surface area contributed by atoms with Gasteiger partial charge in [-0.15, -0.1) is 0 Å². The summed E-state index contributed by atoms with van der Waals surface area (Å²) in [7, 11) is 0. The molecule has 1 unspecified atom stereocenters. The topological polar surface area (TPSA) is 69.8 Å². The number of hydrogen-bond acceptors (Lipinski definition) is 5. The highest BCUT2D eigenvalue weighted by atomic mass is 16.3. The van der Waals surface area contributed by atoms with E-state index in [2.05, 4.69) is 9.88 Å². The van der Waals surface area contributed by atoms with Gasteiger partial charge in [-0.25, -0.2) is 4.98 Å². The quantitative estimate of drug-likeness (QED) is 0.901. The minimum Gasteiger partial charge on any atom is -0.463 e. The van der Waals surface area contributed by atoms with Gasteiger partial charge in [-0.2, -0.15) is 0 Å². The fraction of sp³-hybridized carbons (Fsp3) is 0.474. The highest BCUT2D eigenvalue weighted by molar-refractivity contribution is 5.95. The number of carbonyl (C=O) groups is 1. The summed E-state index contributed by atoms with van der Waals surface area (Å²) in [6.45, 7) is 7.44. The predicted octanol–water partition coefficient (Wildman–Crippen LogP) is 2.18. The lowest BCUT2D eigenvalue weighted by atomic mass is 10.1. The maximum absolute atomic E-state index is 12.8. The molecule has 1 saturated heterocycles. The van der Waals surface area contributed by atoms with Crippen molar-refractivity contribution in [2.45, 2.75) is 26.4 Å². The van der Waals surface area contributed by atoms with Gasteiger partial charge in [0, 0.05) is 32.7 Å². The van der Waals surface area contributed by atoms with Crippen LogP contribution in [0.15, 0.2) is 34.9 Å². The third-order valence-corrected chi connectivity index (χ3v) is 4.69. The number of aliphatic hydroxyl groups excluding tert-OH is 1. The van der Waals surface area contributed by atoms with Gasteiger partial charge in [0.1, 0.15) is 5.69 Å². The Morgan fingerprint density at radius 1 is 1.28 bits per heavy atom. The molecule has 25 heavy (non-hydrogen) atoms. The van der Waals surface area contributed by atoms with Crippen LogP contribution in [0.5, 0.6) is 0 Å². The molecule has 0 spiro atoms. The monoisotopic (exact) mass is 343 g/mol. The molecule has 3 heterocycles. The summed E-state index contributed by atoms with van der Waals surface area (Å²) in [5.74, 6) is 0.719. The number of aryl methyl sites for hydroxylation is 1. The van der Waals surface area contributed by atoms with Gasteiger partial charge in [-0.05, 0) is 37.6 Å². The molecule has 2 aromatic rings. The second-order valence-corrected chi connectivity index (χ2v) is 6.46. The van der Waals surface area contributed by atoms with Gasteiger partial charge in [0.05, 0.1) is 23.6 Å². The average molecular weight is 343 g/mol. The van der Waals surface area contributed by atoms with Crippen molar-refractivity contribution in [1.29, 1.82) is 0 Å². The number of carbonyl (C=O) groups excluding carboxylic acids is 1. The second kappa shape index (κ2) is 7.80. The molecule has 0 saturated carbocycles. The number of hydrogen-bond donors (Lipinski definition) is 1. The van der Waals surface area contributed by atoms with Crippen molar-refractivity contribution in [2.75, 3.05) is 32.7 Å². The molecule has 2 aromatic heterocycles. The molecule has 1 aliphatic rings. The lowest BCUT2D eigenvalue weighted by Gasteiger charge is -2.35. The maximum Gasteiger partial charge on any atom is 0.255 e.